The van der Waals surface area contributed by atoms with Crippen LogP contribution in [0.2, 0.25) is 10.0 Å². The molecule has 0 saturated carbocycles. The molecule has 1 amide bonds. The Morgan fingerprint density at radius 3 is 2.67 bits per heavy atom. The first-order valence-corrected chi connectivity index (χ1v) is 8.85. The predicted molar refractivity (Wildman–Crippen MR) is 98.8 cm³/mol. The zero-order valence-corrected chi connectivity index (χ0v) is 14.8. The molecular weight excluding hydrogens is 365 g/mol. The Bertz CT molecular complexity index is 852. The first-order chi connectivity index (χ1) is 11.6. The summed E-state index contributed by atoms with van der Waals surface area (Å²) in [6.07, 6.45) is 4.41. The van der Waals surface area contributed by atoms with Crippen LogP contribution in [0.1, 0.15) is 11.4 Å². The SMILES string of the molecule is O=C(CCc1nc(-c2ccncc2)cs1)Nc1ccc(Cl)c(Cl)c1. The summed E-state index contributed by atoms with van der Waals surface area (Å²) in [5, 5.41) is 6.59. The number of halogens is 2. The van der Waals surface area contributed by atoms with Crippen molar-refractivity contribution in [2.45, 2.75) is 12.8 Å². The number of aryl methyl sites for hydroxylation is 1. The molecule has 0 radical (unpaired) electrons. The van der Waals surface area contributed by atoms with Crippen molar-refractivity contribution in [1.82, 2.24) is 9.97 Å². The van der Waals surface area contributed by atoms with Crippen molar-refractivity contribution in [3.63, 3.8) is 0 Å². The molecule has 0 aliphatic rings. The van der Waals surface area contributed by atoms with Crippen LogP contribution in [0, 0.1) is 0 Å². The number of hydrogen-bond acceptors (Lipinski definition) is 4. The Kier molecular flexibility index (Phi) is 5.45. The number of aromatic nitrogens is 2. The highest BCUT2D eigenvalue weighted by Crippen LogP contribution is 2.25. The van der Waals surface area contributed by atoms with Crippen LogP contribution in [-0.4, -0.2) is 15.9 Å². The summed E-state index contributed by atoms with van der Waals surface area (Å²) < 4.78 is 0. The second kappa shape index (κ2) is 7.75. The molecule has 2 aromatic heterocycles. The van der Waals surface area contributed by atoms with Crippen molar-refractivity contribution >= 4 is 46.1 Å². The van der Waals surface area contributed by atoms with E-state index in [0.29, 0.717) is 28.6 Å². The fourth-order valence-corrected chi connectivity index (χ4v) is 3.20. The van der Waals surface area contributed by atoms with E-state index in [2.05, 4.69) is 15.3 Å². The van der Waals surface area contributed by atoms with Crippen molar-refractivity contribution in [2.75, 3.05) is 5.32 Å². The number of benzene rings is 1. The average molecular weight is 378 g/mol. The Labute approximate surface area is 153 Å². The van der Waals surface area contributed by atoms with Crippen molar-refractivity contribution in [3.05, 3.63) is 63.2 Å². The fraction of sp³-hybridized carbons (Fsp3) is 0.118. The molecule has 0 spiro atoms. The number of carbonyl (C=O) groups excluding carboxylic acids is 1. The predicted octanol–water partition coefficient (Wildman–Crippen LogP) is 5.08. The number of carbonyl (C=O) groups is 1. The zero-order chi connectivity index (χ0) is 16.9. The molecular formula is C17H13Cl2N3OS. The van der Waals surface area contributed by atoms with Crippen LogP contribution in [0.4, 0.5) is 5.69 Å². The number of pyridine rings is 1. The Balaban J connectivity index is 1.56. The summed E-state index contributed by atoms with van der Waals surface area (Å²) in [7, 11) is 0. The molecule has 0 aliphatic carbocycles. The first kappa shape index (κ1) is 16.9. The lowest BCUT2D eigenvalue weighted by atomic mass is 10.2. The van der Waals surface area contributed by atoms with E-state index in [0.717, 1.165) is 16.3 Å². The molecule has 0 bridgehead atoms. The number of thiazole rings is 1. The van der Waals surface area contributed by atoms with Crippen molar-refractivity contribution in [1.29, 1.82) is 0 Å². The zero-order valence-electron chi connectivity index (χ0n) is 12.5. The standard InChI is InChI=1S/C17H13Cl2N3OS/c18-13-2-1-12(9-14(13)19)21-16(23)3-4-17-22-15(10-24-17)11-5-7-20-8-6-11/h1-2,5-10H,3-4H2,(H,21,23). The maximum Gasteiger partial charge on any atom is 0.224 e. The number of nitrogens with zero attached hydrogens (tertiary/aromatic N) is 2. The molecule has 0 fully saturated rings. The van der Waals surface area contributed by atoms with E-state index in [1.165, 1.54) is 0 Å². The van der Waals surface area contributed by atoms with Gasteiger partial charge in [0.05, 0.1) is 20.7 Å². The summed E-state index contributed by atoms with van der Waals surface area (Å²) in [6, 6.07) is 8.83. The van der Waals surface area contributed by atoms with Gasteiger partial charge >= 0.3 is 0 Å². The molecule has 0 aliphatic heterocycles. The average Bonchev–Trinajstić information content (AvgIpc) is 3.06. The van der Waals surface area contributed by atoms with E-state index in [4.69, 9.17) is 23.2 Å². The van der Waals surface area contributed by atoms with Gasteiger partial charge in [0.1, 0.15) is 0 Å². The van der Waals surface area contributed by atoms with E-state index in [1.54, 1.807) is 41.9 Å². The number of amides is 1. The molecule has 122 valence electrons. The van der Waals surface area contributed by atoms with Gasteiger partial charge in [0, 0.05) is 41.9 Å². The van der Waals surface area contributed by atoms with Crippen LogP contribution in [-0.2, 0) is 11.2 Å². The van der Waals surface area contributed by atoms with Gasteiger partial charge < -0.3 is 5.32 Å². The smallest absolute Gasteiger partial charge is 0.224 e. The minimum atomic E-state index is -0.0888. The van der Waals surface area contributed by atoms with Gasteiger partial charge in [-0.2, -0.15) is 0 Å². The van der Waals surface area contributed by atoms with Crippen LogP contribution in [0.25, 0.3) is 11.3 Å². The molecule has 3 rings (SSSR count). The largest absolute Gasteiger partial charge is 0.326 e. The molecule has 24 heavy (non-hydrogen) atoms. The molecule has 2 heterocycles. The quantitative estimate of drug-likeness (QED) is 0.673. The van der Waals surface area contributed by atoms with Crippen LogP contribution >= 0.6 is 34.5 Å². The van der Waals surface area contributed by atoms with Gasteiger partial charge in [0.15, 0.2) is 0 Å². The Morgan fingerprint density at radius 1 is 1.12 bits per heavy atom. The third-order valence-corrected chi connectivity index (χ3v) is 4.94. The van der Waals surface area contributed by atoms with Gasteiger partial charge in [0.25, 0.3) is 0 Å². The van der Waals surface area contributed by atoms with E-state index in [9.17, 15) is 4.79 Å². The Morgan fingerprint density at radius 2 is 1.92 bits per heavy atom. The minimum absolute atomic E-state index is 0.0888. The third-order valence-electron chi connectivity index (χ3n) is 3.30. The summed E-state index contributed by atoms with van der Waals surface area (Å²) in [4.78, 5) is 20.6. The van der Waals surface area contributed by atoms with Crippen molar-refractivity contribution in [3.8, 4) is 11.3 Å². The van der Waals surface area contributed by atoms with Gasteiger partial charge in [-0.05, 0) is 30.3 Å². The van der Waals surface area contributed by atoms with Crippen LogP contribution in [0.15, 0.2) is 48.1 Å². The van der Waals surface area contributed by atoms with E-state index in [-0.39, 0.29) is 5.91 Å². The van der Waals surface area contributed by atoms with E-state index in [1.807, 2.05) is 17.5 Å². The van der Waals surface area contributed by atoms with Crippen LogP contribution in [0.5, 0.6) is 0 Å². The van der Waals surface area contributed by atoms with Gasteiger partial charge in [-0.25, -0.2) is 4.98 Å². The van der Waals surface area contributed by atoms with Gasteiger partial charge in [0.2, 0.25) is 5.91 Å². The maximum absolute atomic E-state index is 12.0. The molecule has 1 aromatic carbocycles. The van der Waals surface area contributed by atoms with Gasteiger partial charge in [-0.1, -0.05) is 23.2 Å². The monoisotopic (exact) mass is 377 g/mol. The lowest BCUT2D eigenvalue weighted by Gasteiger charge is -2.05. The van der Waals surface area contributed by atoms with Gasteiger partial charge in [-0.3, -0.25) is 9.78 Å². The number of rotatable bonds is 5. The summed E-state index contributed by atoms with van der Waals surface area (Å²) >= 11 is 13.3. The normalized spacial score (nSPS) is 10.6. The molecule has 4 nitrogen and oxygen atoms in total. The molecule has 3 aromatic rings. The van der Waals surface area contributed by atoms with Gasteiger partial charge in [-0.15, -0.1) is 11.3 Å². The van der Waals surface area contributed by atoms with Crippen molar-refractivity contribution < 1.29 is 4.79 Å². The third kappa shape index (κ3) is 4.32. The van der Waals surface area contributed by atoms with E-state index >= 15 is 0 Å². The molecule has 0 saturated heterocycles. The first-order valence-electron chi connectivity index (χ1n) is 7.21. The lowest BCUT2D eigenvalue weighted by Crippen LogP contribution is -2.12. The van der Waals surface area contributed by atoms with E-state index < -0.39 is 0 Å². The second-order valence-electron chi connectivity index (χ2n) is 5.04. The van der Waals surface area contributed by atoms with Crippen molar-refractivity contribution in [2.24, 2.45) is 0 Å². The number of nitrogens with one attached hydrogen (secondary N) is 1. The molecule has 7 heteroatoms. The topological polar surface area (TPSA) is 54.9 Å². The van der Waals surface area contributed by atoms with Crippen LogP contribution < -0.4 is 5.32 Å². The minimum Gasteiger partial charge on any atom is -0.326 e. The molecule has 1 N–H and O–H groups in total. The summed E-state index contributed by atoms with van der Waals surface area (Å²) in [5.74, 6) is -0.0888. The molecule has 0 atom stereocenters. The second-order valence-corrected chi connectivity index (χ2v) is 6.80. The fourth-order valence-electron chi connectivity index (χ4n) is 2.10. The molecule has 0 unspecified atom stereocenters. The lowest BCUT2D eigenvalue weighted by molar-refractivity contribution is -0.116. The highest BCUT2D eigenvalue weighted by Gasteiger charge is 2.08. The summed E-state index contributed by atoms with van der Waals surface area (Å²) in [6.45, 7) is 0. The number of hydrogen-bond donors (Lipinski definition) is 1. The van der Waals surface area contributed by atoms with Crippen LogP contribution in [0.3, 0.4) is 0 Å². The summed E-state index contributed by atoms with van der Waals surface area (Å²) in [5.41, 5.74) is 2.56. The maximum atomic E-state index is 12.0. The Hall–Kier alpha value is -1.95. The number of anilines is 1. The highest BCUT2D eigenvalue weighted by molar-refractivity contribution is 7.09. The highest BCUT2D eigenvalue weighted by atomic mass is 35.5.